The Hall–Kier alpha value is -2.08. The van der Waals surface area contributed by atoms with Gasteiger partial charge in [0.05, 0.1) is 11.4 Å². The van der Waals surface area contributed by atoms with Crippen LogP contribution < -0.4 is 10.3 Å². The molecule has 0 aliphatic carbocycles. The van der Waals surface area contributed by atoms with Gasteiger partial charge in [0, 0.05) is 12.3 Å². The van der Waals surface area contributed by atoms with Gasteiger partial charge in [0.2, 0.25) is 15.6 Å². The number of aromatic nitrogens is 1. The molecule has 0 saturated heterocycles. The molecule has 0 spiro atoms. The van der Waals surface area contributed by atoms with Crippen molar-refractivity contribution < 1.29 is 8.42 Å². The van der Waals surface area contributed by atoms with Gasteiger partial charge in [0.15, 0.2) is 0 Å². The molecule has 0 aliphatic rings. The van der Waals surface area contributed by atoms with Gasteiger partial charge in [-0.15, -0.1) is 0 Å². The molecule has 1 aromatic carbocycles. The standard InChI is InChI=1S/C14H16N2O3S/c17-14-9-8-13(11-15-14)16-20(18,19)10-4-7-12-5-2-1-3-6-12/h1-3,5-6,8-9,11,16H,4,7,10H2,(H,15,17). The van der Waals surface area contributed by atoms with Crippen molar-refractivity contribution in [2.45, 2.75) is 12.8 Å². The number of hydrogen-bond acceptors (Lipinski definition) is 3. The Morgan fingerprint density at radius 3 is 2.45 bits per heavy atom. The molecule has 5 nitrogen and oxygen atoms in total. The maximum absolute atomic E-state index is 11.9. The van der Waals surface area contributed by atoms with Crippen LogP contribution >= 0.6 is 0 Å². The van der Waals surface area contributed by atoms with Gasteiger partial charge in [0.25, 0.3) is 0 Å². The van der Waals surface area contributed by atoms with Gasteiger partial charge in [-0.05, 0) is 24.5 Å². The Morgan fingerprint density at radius 1 is 1.05 bits per heavy atom. The smallest absolute Gasteiger partial charge is 0.248 e. The summed E-state index contributed by atoms with van der Waals surface area (Å²) in [5.41, 5.74) is 1.22. The lowest BCUT2D eigenvalue weighted by atomic mass is 10.1. The number of benzene rings is 1. The molecule has 6 heteroatoms. The zero-order valence-electron chi connectivity index (χ0n) is 10.9. The molecule has 2 rings (SSSR count). The lowest BCUT2D eigenvalue weighted by molar-refractivity contribution is 0.598. The minimum atomic E-state index is -3.39. The number of sulfonamides is 1. The highest BCUT2D eigenvalue weighted by atomic mass is 32.2. The maximum Gasteiger partial charge on any atom is 0.248 e. The van der Waals surface area contributed by atoms with Gasteiger partial charge < -0.3 is 4.98 Å². The van der Waals surface area contributed by atoms with E-state index < -0.39 is 10.0 Å². The van der Waals surface area contributed by atoms with Crippen molar-refractivity contribution in [2.24, 2.45) is 0 Å². The molecule has 0 bridgehead atoms. The van der Waals surface area contributed by atoms with Crippen molar-refractivity contribution in [3.05, 3.63) is 64.6 Å². The van der Waals surface area contributed by atoms with E-state index in [-0.39, 0.29) is 11.3 Å². The first-order chi connectivity index (χ1) is 9.55. The molecule has 0 unspecified atom stereocenters. The summed E-state index contributed by atoms with van der Waals surface area (Å²) in [6, 6.07) is 12.5. The van der Waals surface area contributed by atoms with Crippen molar-refractivity contribution >= 4 is 15.7 Å². The van der Waals surface area contributed by atoms with E-state index in [2.05, 4.69) is 9.71 Å². The second kappa shape index (κ2) is 6.38. The summed E-state index contributed by atoms with van der Waals surface area (Å²) >= 11 is 0. The molecule has 0 amide bonds. The quantitative estimate of drug-likeness (QED) is 0.851. The van der Waals surface area contributed by atoms with Crippen LogP contribution in [0.2, 0.25) is 0 Å². The Kier molecular flexibility index (Phi) is 4.57. The molecule has 1 aromatic heterocycles. The summed E-state index contributed by atoms with van der Waals surface area (Å²) in [4.78, 5) is 13.3. The molecule has 1 heterocycles. The Balaban J connectivity index is 1.88. The average Bonchev–Trinajstić information content (AvgIpc) is 2.42. The summed E-state index contributed by atoms with van der Waals surface area (Å²) in [5.74, 6) is 0.0427. The zero-order chi connectivity index (χ0) is 14.4. The van der Waals surface area contributed by atoms with Gasteiger partial charge in [0.1, 0.15) is 0 Å². The highest BCUT2D eigenvalue weighted by Crippen LogP contribution is 2.08. The van der Waals surface area contributed by atoms with E-state index in [0.717, 1.165) is 5.56 Å². The van der Waals surface area contributed by atoms with E-state index in [9.17, 15) is 13.2 Å². The van der Waals surface area contributed by atoms with Crippen molar-refractivity contribution in [2.75, 3.05) is 10.5 Å². The van der Waals surface area contributed by atoms with Gasteiger partial charge in [-0.25, -0.2) is 8.42 Å². The lowest BCUT2D eigenvalue weighted by Gasteiger charge is -2.07. The van der Waals surface area contributed by atoms with E-state index >= 15 is 0 Å². The molecule has 0 fully saturated rings. The number of rotatable bonds is 6. The Bertz CT molecular complexity index is 688. The van der Waals surface area contributed by atoms with Gasteiger partial charge in [-0.3, -0.25) is 9.52 Å². The molecule has 20 heavy (non-hydrogen) atoms. The van der Waals surface area contributed by atoms with Crippen LogP contribution in [0.3, 0.4) is 0 Å². The molecule has 0 aliphatic heterocycles. The fraction of sp³-hybridized carbons (Fsp3) is 0.214. The average molecular weight is 292 g/mol. The normalized spacial score (nSPS) is 11.2. The largest absolute Gasteiger partial charge is 0.327 e. The fourth-order valence-corrected chi connectivity index (χ4v) is 2.93. The van der Waals surface area contributed by atoms with Crippen LogP contribution in [0.5, 0.6) is 0 Å². The van der Waals surface area contributed by atoms with E-state index in [4.69, 9.17) is 0 Å². The number of H-pyrrole nitrogens is 1. The van der Waals surface area contributed by atoms with Gasteiger partial charge >= 0.3 is 0 Å². The number of pyridine rings is 1. The van der Waals surface area contributed by atoms with Gasteiger partial charge in [-0.1, -0.05) is 30.3 Å². The number of hydrogen-bond donors (Lipinski definition) is 2. The lowest BCUT2D eigenvalue weighted by Crippen LogP contribution is -2.18. The third-order valence-electron chi connectivity index (χ3n) is 2.78. The Labute approximate surface area is 117 Å². The van der Waals surface area contributed by atoms with Gasteiger partial charge in [-0.2, -0.15) is 0 Å². The van der Waals surface area contributed by atoms with E-state index in [1.807, 2.05) is 30.3 Å². The van der Waals surface area contributed by atoms with E-state index in [1.165, 1.54) is 18.3 Å². The first-order valence-electron chi connectivity index (χ1n) is 6.28. The number of aryl methyl sites for hydroxylation is 1. The van der Waals surface area contributed by atoms with Crippen molar-refractivity contribution in [3.8, 4) is 0 Å². The number of anilines is 1. The summed E-state index contributed by atoms with van der Waals surface area (Å²) in [6.45, 7) is 0. The van der Waals surface area contributed by atoms with Crippen LogP contribution in [0.15, 0.2) is 53.5 Å². The monoisotopic (exact) mass is 292 g/mol. The van der Waals surface area contributed by atoms with E-state index in [1.54, 1.807) is 0 Å². The molecular weight excluding hydrogens is 276 g/mol. The minimum absolute atomic E-state index is 0.0427. The second-order valence-corrected chi connectivity index (χ2v) is 6.29. The van der Waals surface area contributed by atoms with Crippen molar-refractivity contribution in [1.29, 1.82) is 0 Å². The van der Waals surface area contributed by atoms with Crippen LogP contribution in [0.4, 0.5) is 5.69 Å². The molecule has 2 aromatic rings. The molecule has 0 saturated carbocycles. The maximum atomic E-state index is 11.9. The highest BCUT2D eigenvalue weighted by Gasteiger charge is 2.10. The summed E-state index contributed by atoms with van der Waals surface area (Å²) in [5, 5.41) is 0. The summed E-state index contributed by atoms with van der Waals surface area (Å²) in [7, 11) is -3.39. The first-order valence-corrected chi connectivity index (χ1v) is 7.93. The minimum Gasteiger partial charge on any atom is -0.327 e. The van der Waals surface area contributed by atoms with E-state index in [0.29, 0.717) is 18.5 Å². The first kappa shape index (κ1) is 14.3. The highest BCUT2D eigenvalue weighted by molar-refractivity contribution is 7.92. The van der Waals surface area contributed by atoms with Crippen LogP contribution in [0.25, 0.3) is 0 Å². The molecule has 0 radical (unpaired) electrons. The number of aromatic amines is 1. The zero-order valence-corrected chi connectivity index (χ0v) is 11.7. The molecule has 0 atom stereocenters. The predicted molar refractivity (Wildman–Crippen MR) is 79.2 cm³/mol. The SMILES string of the molecule is O=c1ccc(NS(=O)(=O)CCCc2ccccc2)c[nH]1. The molecule has 106 valence electrons. The van der Waals surface area contributed by atoms with Crippen LogP contribution in [0.1, 0.15) is 12.0 Å². The molecular formula is C14H16N2O3S. The van der Waals surface area contributed by atoms with Crippen LogP contribution in [-0.4, -0.2) is 19.2 Å². The Morgan fingerprint density at radius 2 is 1.80 bits per heavy atom. The predicted octanol–water partition coefficient (Wildman–Crippen LogP) is 1.75. The van der Waals surface area contributed by atoms with Crippen LogP contribution in [0, 0.1) is 0 Å². The third-order valence-corrected chi connectivity index (χ3v) is 4.15. The topological polar surface area (TPSA) is 79.0 Å². The summed E-state index contributed by atoms with van der Waals surface area (Å²) in [6.07, 6.45) is 2.60. The van der Waals surface area contributed by atoms with Crippen LogP contribution in [-0.2, 0) is 16.4 Å². The second-order valence-electron chi connectivity index (χ2n) is 4.45. The van der Waals surface area contributed by atoms with Crippen molar-refractivity contribution in [1.82, 2.24) is 4.98 Å². The molecule has 2 N–H and O–H groups in total. The third kappa shape index (κ3) is 4.55. The van der Waals surface area contributed by atoms with Crippen molar-refractivity contribution in [3.63, 3.8) is 0 Å². The summed E-state index contributed by atoms with van der Waals surface area (Å²) < 4.78 is 26.2. The number of nitrogens with one attached hydrogen (secondary N) is 2. The fourth-order valence-electron chi connectivity index (χ4n) is 1.82.